The lowest BCUT2D eigenvalue weighted by molar-refractivity contribution is 0.0919. The number of amides is 1. The molecule has 17 heavy (non-hydrogen) atoms. The van der Waals surface area contributed by atoms with Crippen LogP contribution in [0.3, 0.4) is 0 Å². The number of halogens is 1. The molecule has 4 nitrogen and oxygen atoms in total. The number of pyridine rings is 1. The van der Waals surface area contributed by atoms with Crippen molar-refractivity contribution in [1.29, 1.82) is 0 Å². The molecule has 0 aliphatic rings. The van der Waals surface area contributed by atoms with Crippen LogP contribution in [-0.2, 0) is 0 Å². The maximum atomic E-state index is 12.6. The van der Waals surface area contributed by atoms with Crippen molar-refractivity contribution in [2.24, 2.45) is 0 Å². The van der Waals surface area contributed by atoms with Crippen molar-refractivity contribution in [2.75, 3.05) is 20.6 Å². The summed E-state index contributed by atoms with van der Waals surface area (Å²) in [6, 6.07) is 2.59. The number of aromatic nitrogens is 1. The van der Waals surface area contributed by atoms with E-state index in [4.69, 9.17) is 0 Å². The molecule has 1 aromatic rings. The first kappa shape index (κ1) is 13.6. The van der Waals surface area contributed by atoms with E-state index in [-0.39, 0.29) is 11.4 Å². The van der Waals surface area contributed by atoms with Gasteiger partial charge in [0.1, 0.15) is 0 Å². The Balaban J connectivity index is 2.59. The van der Waals surface area contributed by atoms with Crippen molar-refractivity contribution in [1.82, 2.24) is 15.2 Å². The predicted molar refractivity (Wildman–Crippen MR) is 64.3 cm³/mol. The minimum absolute atomic E-state index is 0.136. The Kier molecular flexibility index (Phi) is 4.17. The number of likely N-dealkylation sites (N-methyl/N-ethyl adjacent to an activating group) is 1. The van der Waals surface area contributed by atoms with Gasteiger partial charge in [0.15, 0.2) is 0 Å². The second kappa shape index (κ2) is 5.23. The molecule has 0 atom stereocenters. The summed E-state index contributed by atoms with van der Waals surface area (Å²) < 4.78 is 12.6. The van der Waals surface area contributed by atoms with E-state index in [0.717, 1.165) is 0 Å². The van der Waals surface area contributed by atoms with Gasteiger partial charge in [-0.3, -0.25) is 4.79 Å². The number of hydrogen-bond donors (Lipinski definition) is 1. The monoisotopic (exact) mass is 239 g/mol. The van der Waals surface area contributed by atoms with Gasteiger partial charge in [-0.2, -0.15) is 4.39 Å². The Morgan fingerprint density at radius 2 is 2.12 bits per heavy atom. The third-order valence-corrected chi connectivity index (χ3v) is 2.88. The van der Waals surface area contributed by atoms with Gasteiger partial charge in [0, 0.05) is 18.3 Å². The largest absolute Gasteiger partial charge is 0.350 e. The third kappa shape index (κ3) is 3.78. The molecule has 0 bridgehead atoms. The molecule has 1 heterocycles. The Morgan fingerprint density at radius 1 is 1.47 bits per heavy atom. The second-order valence-electron chi connectivity index (χ2n) is 4.76. The Bertz CT molecular complexity index is 387. The fourth-order valence-electron chi connectivity index (χ4n) is 1.07. The van der Waals surface area contributed by atoms with E-state index in [1.807, 2.05) is 32.8 Å². The first-order valence-corrected chi connectivity index (χ1v) is 5.40. The maximum Gasteiger partial charge on any atom is 0.252 e. The minimum atomic E-state index is -0.588. The zero-order valence-corrected chi connectivity index (χ0v) is 10.6. The molecule has 0 unspecified atom stereocenters. The highest BCUT2D eigenvalue weighted by atomic mass is 19.1. The summed E-state index contributed by atoms with van der Waals surface area (Å²) in [5.41, 5.74) is 0.226. The van der Waals surface area contributed by atoms with Crippen LogP contribution in [0.5, 0.6) is 0 Å². The number of rotatable bonds is 4. The van der Waals surface area contributed by atoms with Crippen molar-refractivity contribution in [3.8, 4) is 0 Å². The number of hydrogen-bond acceptors (Lipinski definition) is 3. The van der Waals surface area contributed by atoms with Crippen molar-refractivity contribution in [2.45, 2.75) is 19.4 Å². The number of nitrogens with zero attached hydrogens (tertiary/aromatic N) is 2. The minimum Gasteiger partial charge on any atom is -0.350 e. The Morgan fingerprint density at radius 3 is 2.59 bits per heavy atom. The number of carbonyl (C=O) groups is 1. The number of nitrogens with one attached hydrogen (secondary N) is 1. The van der Waals surface area contributed by atoms with E-state index in [1.165, 1.54) is 18.3 Å². The summed E-state index contributed by atoms with van der Waals surface area (Å²) in [7, 11) is 3.90. The summed E-state index contributed by atoms with van der Waals surface area (Å²) >= 11 is 0. The summed E-state index contributed by atoms with van der Waals surface area (Å²) in [6.45, 7) is 4.56. The molecule has 0 aliphatic heterocycles. The van der Waals surface area contributed by atoms with E-state index in [1.54, 1.807) is 0 Å². The first-order chi connectivity index (χ1) is 7.83. The van der Waals surface area contributed by atoms with Crippen molar-refractivity contribution in [3.05, 3.63) is 29.8 Å². The maximum absolute atomic E-state index is 12.6. The molecule has 1 aromatic heterocycles. The molecule has 1 amide bonds. The van der Waals surface area contributed by atoms with E-state index in [2.05, 4.69) is 10.3 Å². The van der Waals surface area contributed by atoms with Crippen LogP contribution in [0, 0.1) is 5.95 Å². The van der Waals surface area contributed by atoms with Gasteiger partial charge in [-0.05, 0) is 40.1 Å². The van der Waals surface area contributed by atoms with Crippen LogP contribution in [0.15, 0.2) is 18.3 Å². The number of carbonyl (C=O) groups excluding carboxylic acids is 1. The molecular weight excluding hydrogens is 221 g/mol. The fourth-order valence-corrected chi connectivity index (χ4v) is 1.07. The average Bonchev–Trinajstić information content (AvgIpc) is 2.27. The lowest BCUT2D eigenvalue weighted by Gasteiger charge is -2.32. The van der Waals surface area contributed by atoms with Gasteiger partial charge in [0.05, 0.1) is 5.56 Å². The highest BCUT2D eigenvalue weighted by Crippen LogP contribution is 2.08. The van der Waals surface area contributed by atoms with Gasteiger partial charge in [-0.15, -0.1) is 0 Å². The van der Waals surface area contributed by atoms with E-state index in [9.17, 15) is 9.18 Å². The van der Waals surface area contributed by atoms with E-state index < -0.39 is 5.95 Å². The predicted octanol–water partition coefficient (Wildman–Crippen LogP) is 1.29. The summed E-state index contributed by atoms with van der Waals surface area (Å²) in [4.78, 5) is 17.2. The molecule has 1 rings (SSSR count). The summed E-state index contributed by atoms with van der Waals surface area (Å²) in [6.07, 6.45) is 1.23. The van der Waals surface area contributed by atoms with Crippen LogP contribution in [0.1, 0.15) is 24.2 Å². The van der Waals surface area contributed by atoms with Gasteiger partial charge in [-0.25, -0.2) is 4.98 Å². The molecule has 1 N–H and O–H groups in total. The topological polar surface area (TPSA) is 45.2 Å². The van der Waals surface area contributed by atoms with Crippen LogP contribution >= 0.6 is 0 Å². The van der Waals surface area contributed by atoms with Crippen LogP contribution < -0.4 is 5.32 Å². The molecule has 0 saturated carbocycles. The Labute approximate surface area is 101 Å². The highest BCUT2D eigenvalue weighted by Gasteiger charge is 2.21. The van der Waals surface area contributed by atoms with Crippen molar-refractivity contribution in [3.63, 3.8) is 0 Å². The SMILES string of the molecule is CN(C)C(C)(C)CNC(=O)c1ccc(F)nc1. The quantitative estimate of drug-likeness (QED) is 0.805. The van der Waals surface area contributed by atoms with Crippen LogP contribution in [-0.4, -0.2) is 42.0 Å². The van der Waals surface area contributed by atoms with Crippen molar-refractivity contribution < 1.29 is 9.18 Å². The zero-order valence-electron chi connectivity index (χ0n) is 10.6. The second-order valence-corrected chi connectivity index (χ2v) is 4.76. The Hall–Kier alpha value is -1.49. The standard InChI is InChI=1S/C12H18FN3O/c1-12(2,16(3)4)8-15-11(17)9-5-6-10(13)14-7-9/h5-7H,8H2,1-4H3,(H,15,17). The van der Waals surface area contributed by atoms with Gasteiger partial charge in [0.2, 0.25) is 5.95 Å². The average molecular weight is 239 g/mol. The van der Waals surface area contributed by atoms with E-state index in [0.29, 0.717) is 12.1 Å². The smallest absolute Gasteiger partial charge is 0.252 e. The molecule has 0 fully saturated rings. The third-order valence-electron chi connectivity index (χ3n) is 2.88. The normalized spacial score (nSPS) is 11.6. The highest BCUT2D eigenvalue weighted by molar-refractivity contribution is 5.93. The molecule has 5 heteroatoms. The molecule has 0 saturated heterocycles. The first-order valence-electron chi connectivity index (χ1n) is 5.40. The lowest BCUT2D eigenvalue weighted by Crippen LogP contribution is -2.48. The van der Waals surface area contributed by atoms with Gasteiger partial charge in [0.25, 0.3) is 5.91 Å². The van der Waals surface area contributed by atoms with Gasteiger partial charge >= 0.3 is 0 Å². The van der Waals surface area contributed by atoms with Crippen LogP contribution in [0.4, 0.5) is 4.39 Å². The van der Waals surface area contributed by atoms with Gasteiger partial charge in [-0.1, -0.05) is 0 Å². The molecule has 0 aliphatic carbocycles. The lowest BCUT2D eigenvalue weighted by atomic mass is 10.0. The van der Waals surface area contributed by atoms with Crippen LogP contribution in [0.2, 0.25) is 0 Å². The van der Waals surface area contributed by atoms with Crippen molar-refractivity contribution >= 4 is 5.91 Å². The van der Waals surface area contributed by atoms with Gasteiger partial charge < -0.3 is 10.2 Å². The fraction of sp³-hybridized carbons (Fsp3) is 0.500. The molecular formula is C12H18FN3O. The summed E-state index contributed by atoms with van der Waals surface area (Å²) in [5.74, 6) is -0.831. The molecule has 0 spiro atoms. The molecule has 94 valence electrons. The molecule has 0 aromatic carbocycles. The summed E-state index contributed by atoms with van der Waals surface area (Å²) in [5, 5.41) is 2.80. The molecule has 0 radical (unpaired) electrons. The van der Waals surface area contributed by atoms with Crippen LogP contribution in [0.25, 0.3) is 0 Å². The zero-order chi connectivity index (χ0) is 13.1. The van der Waals surface area contributed by atoms with E-state index >= 15 is 0 Å².